The first-order valence-corrected chi connectivity index (χ1v) is 12.0. The SMILES string of the molecule is CCc1ccc(OCC(=O)N(Cc2ccc(Cl)cc2)C(CC)C(=O)NC(C)(C)C)c(Br)c1. The molecule has 0 aliphatic carbocycles. The summed E-state index contributed by atoms with van der Waals surface area (Å²) in [6.45, 7) is 9.85. The second-order valence-corrected chi connectivity index (χ2v) is 10.0. The molecule has 2 rings (SSSR count). The zero-order valence-electron chi connectivity index (χ0n) is 19.4. The molecule has 0 heterocycles. The number of benzene rings is 2. The van der Waals surface area contributed by atoms with Gasteiger partial charge in [-0.1, -0.05) is 43.6 Å². The smallest absolute Gasteiger partial charge is 0.261 e. The number of carbonyl (C=O) groups is 2. The number of carbonyl (C=O) groups excluding carboxylic acids is 2. The van der Waals surface area contributed by atoms with Gasteiger partial charge in [0, 0.05) is 17.1 Å². The Balaban J connectivity index is 2.24. The summed E-state index contributed by atoms with van der Waals surface area (Å²) in [5.74, 6) is 0.146. The first-order valence-electron chi connectivity index (χ1n) is 10.8. The van der Waals surface area contributed by atoms with Gasteiger partial charge in [-0.3, -0.25) is 9.59 Å². The van der Waals surface area contributed by atoms with Crippen LogP contribution in [-0.4, -0.2) is 34.9 Å². The highest BCUT2D eigenvalue weighted by atomic mass is 79.9. The third-order valence-electron chi connectivity index (χ3n) is 4.91. The number of rotatable bonds is 9. The van der Waals surface area contributed by atoms with Gasteiger partial charge in [0.05, 0.1) is 4.47 Å². The fourth-order valence-electron chi connectivity index (χ4n) is 3.26. The number of nitrogens with zero attached hydrogens (tertiary/aromatic N) is 1. The molecule has 2 amide bonds. The monoisotopic (exact) mass is 522 g/mol. The Kier molecular flexibility index (Phi) is 9.59. The number of nitrogens with one attached hydrogen (secondary N) is 1. The molecule has 0 aliphatic heterocycles. The van der Waals surface area contributed by atoms with Crippen molar-refractivity contribution in [1.29, 1.82) is 0 Å². The Labute approximate surface area is 204 Å². The quantitative estimate of drug-likeness (QED) is 0.454. The molecule has 2 aromatic rings. The maximum atomic E-state index is 13.3. The Morgan fingerprint density at radius 1 is 1.09 bits per heavy atom. The summed E-state index contributed by atoms with van der Waals surface area (Å²) >= 11 is 9.52. The first-order chi connectivity index (χ1) is 15.0. The highest BCUT2D eigenvalue weighted by molar-refractivity contribution is 9.10. The molecule has 0 aliphatic rings. The normalized spacial score (nSPS) is 12.2. The van der Waals surface area contributed by atoms with Crippen LogP contribution in [-0.2, 0) is 22.6 Å². The number of ether oxygens (including phenoxy) is 1. The summed E-state index contributed by atoms with van der Waals surface area (Å²) in [6, 6.07) is 12.5. The van der Waals surface area contributed by atoms with Gasteiger partial charge in [0.15, 0.2) is 6.61 Å². The fourth-order valence-corrected chi connectivity index (χ4v) is 3.93. The van der Waals surface area contributed by atoms with E-state index in [-0.39, 0.29) is 25.0 Å². The fraction of sp³-hybridized carbons (Fsp3) is 0.440. The topological polar surface area (TPSA) is 58.6 Å². The lowest BCUT2D eigenvalue weighted by molar-refractivity contribution is -0.143. The van der Waals surface area contributed by atoms with Crippen molar-refractivity contribution >= 4 is 39.3 Å². The van der Waals surface area contributed by atoms with Crippen molar-refractivity contribution < 1.29 is 14.3 Å². The van der Waals surface area contributed by atoms with Crippen LogP contribution in [0.25, 0.3) is 0 Å². The van der Waals surface area contributed by atoms with Gasteiger partial charge in [0.2, 0.25) is 5.91 Å². The largest absolute Gasteiger partial charge is 0.483 e. The second kappa shape index (κ2) is 11.7. The summed E-state index contributed by atoms with van der Waals surface area (Å²) in [4.78, 5) is 27.9. The number of halogens is 2. The highest BCUT2D eigenvalue weighted by Gasteiger charge is 2.31. The highest BCUT2D eigenvalue weighted by Crippen LogP contribution is 2.26. The first kappa shape index (κ1) is 26.2. The molecule has 0 spiro atoms. The Bertz CT molecular complexity index is 926. The van der Waals surface area contributed by atoms with E-state index in [0.717, 1.165) is 16.5 Å². The van der Waals surface area contributed by atoms with Crippen molar-refractivity contribution in [2.75, 3.05) is 6.61 Å². The van der Waals surface area contributed by atoms with Gasteiger partial charge in [-0.05, 0) is 84.9 Å². The lowest BCUT2D eigenvalue weighted by Gasteiger charge is -2.33. The summed E-state index contributed by atoms with van der Waals surface area (Å²) in [6.07, 6.45) is 1.39. The van der Waals surface area contributed by atoms with Crippen molar-refractivity contribution in [3.8, 4) is 5.75 Å². The van der Waals surface area contributed by atoms with E-state index in [0.29, 0.717) is 17.2 Å². The molecule has 1 N–H and O–H groups in total. The van der Waals surface area contributed by atoms with Crippen LogP contribution in [0.3, 0.4) is 0 Å². The van der Waals surface area contributed by atoms with E-state index >= 15 is 0 Å². The van der Waals surface area contributed by atoms with Gasteiger partial charge in [0.1, 0.15) is 11.8 Å². The van der Waals surface area contributed by atoms with Crippen LogP contribution in [0, 0.1) is 0 Å². The van der Waals surface area contributed by atoms with Gasteiger partial charge < -0.3 is 15.0 Å². The molecule has 0 bridgehead atoms. The lowest BCUT2D eigenvalue weighted by atomic mass is 10.1. The van der Waals surface area contributed by atoms with Crippen LogP contribution in [0.5, 0.6) is 5.75 Å². The number of aryl methyl sites for hydroxylation is 1. The van der Waals surface area contributed by atoms with E-state index in [9.17, 15) is 9.59 Å². The summed E-state index contributed by atoms with van der Waals surface area (Å²) in [7, 11) is 0. The van der Waals surface area contributed by atoms with Crippen LogP contribution < -0.4 is 10.1 Å². The predicted molar refractivity (Wildman–Crippen MR) is 133 cm³/mol. The van der Waals surface area contributed by atoms with Crippen molar-refractivity contribution in [2.45, 2.75) is 65.6 Å². The van der Waals surface area contributed by atoms with Gasteiger partial charge >= 0.3 is 0 Å². The zero-order chi connectivity index (χ0) is 23.9. The maximum Gasteiger partial charge on any atom is 0.261 e. The Morgan fingerprint density at radius 3 is 2.25 bits per heavy atom. The average Bonchev–Trinajstić information content (AvgIpc) is 2.72. The standard InChI is InChI=1S/C25H32BrClN2O3/c1-6-17-10-13-22(20(26)14-17)32-16-23(30)29(15-18-8-11-19(27)12-9-18)21(7-2)24(31)28-25(3,4)5/h8-14,21H,6-7,15-16H2,1-5H3,(H,28,31). The van der Waals surface area contributed by atoms with E-state index < -0.39 is 11.6 Å². The summed E-state index contributed by atoms with van der Waals surface area (Å²) < 4.78 is 6.62. The number of hydrogen-bond acceptors (Lipinski definition) is 3. The second-order valence-electron chi connectivity index (χ2n) is 8.72. The van der Waals surface area contributed by atoms with Crippen LogP contribution >= 0.6 is 27.5 Å². The van der Waals surface area contributed by atoms with Crippen LogP contribution in [0.15, 0.2) is 46.9 Å². The van der Waals surface area contributed by atoms with Crippen molar-refractivity contribution in [3.05, 3.63) is 63.1 Å². The van der Waals surface area contributed by atoms with Crippen LogP contribution in [0.2, 0.25) is 5.02 Å². The minimum absolute atomic E-state index is 0.170. The molecule has 1 atom stereocenters. The van der Waals surface area contributed by atoms with Crippen LogP contribution in [0.4, 0.5) is 0 Å². The van der Waals surface area contributed by atoms with Gasteiger partial charge in [-0.15, -0.1) is 0 Å². The van der Waals surface area contributed by atoms with Gasteiger partial charge in [-0.2, -0.15) is 0 Å². The van der Waals surface area contributed by atoms with Crippen LogP contribution in [0.1, 0.15) is 52.2 Å². The summed E-state index contributed by atoms with van der Waals surface area (Å²) in [5.41, 5.74) is 1.66. The molecular formula is C25H32BrClN2O3. The third kappa shape index (κ3) is 7.82. The number of hydrogen-bond donors (Lipinski definition) is 1. The average molecular weight is 524 g/mol. The molecular weight excluding hydrogens is 492 g/mol. The van der Waals surface area contributed by atoms with E-state index in [1.54, 1.807) is 17.0 Å². The Hall–Kier alpha value is -2.05. The van der Waals surface area contributed by atoms with Gasteiger partial charge in [0.25, 0.3) is 5.91 Å². The molecule has 0 aromatic heterocycles. The predicted octanol–water partition coefficient (Wildman–Crippen LogP) is 5.77. The van der Waals surface area contributed by atoms with E-state index in [2.05, 4.69) is 28.2 Å². The third-order valence-corrected chi connectivity index (χ3v) is 5.78. The van der Waals surface area contributed by atoms with E-state index in [1.807, 2.05) is 58.0 Å². The molecule has 5 nitrogen and oxygen atoms in total. The lowest BCUT2D eigenvalue weighted by Crippen LogP contribution is -2.54. The minimum Gasteiger partial charge on any atom is -0.483 e. The molecule has 0 saturated carbocycles. The zero-order valence-corrected chi connectivity index (χ0v) is 21.7. The molecule has 0 radical (unpaired) electrons. The molecule has 0 fully saturated rings. The van der Waals surface area contributed by atoms with Gasteiger partial charge in [-0.25, -0.2) is 0 Å². The van der Waals surface area contributed by atoms with E-state index in [1.165, 1.54) is 5.56 Å². The molecule has 32 heavy (non-hydrogen) atoms. The van der Waals surface area contributed by atoms with Crippen molar-refractivity contribution in [1.82, 2.24) is 10.2 Å². The molecule has 174 valence electrons. The maximum absolute atomic E-state index is 13.3. The molecule has 7 heteroatoms. The molecule has 0 saturated heterocycles. The number of amides is 2. The molecule has 1 unspecified atom stereocenters. The van der Waals surface area contributed by atoms with Crippen molar-refractivity contribution in [3.63, 3.8) is 0 Å². The van der Waals surface area contributed by atoms with Crippen molar-refractivity contribution in [2.24, 2.45) is 0 Å². The molecule has 2 aromatic carbocycles. The van der Waals surface area contributed by atoms with E-state index in [4.69, 9.17) is 16.3 Å². The Morgan fingerprint density at radius 2 is 1.72 bits per heavy atom. The minimum atomic E-state index is -0.619. The summed E-state index contributed by atoms with van der Waals surface area (Å²) in [5, 5.41) is 3.61.